The Morgan fingerprint density at radius 3 is 2.28 bits per heavy atom. The summed E-state index contributed by atoms with van der Waals surface area (Å²) in [7, 11) is 0. The summed E-state index contributed by atoms with van der Waals surface area (Å²) >= 11 is 0. The van der Waals surface area contributed by atoms with E-state index >= 15 is 0 Å². The molecule has 1 saturated heterocycles. The number of halogens is 3. The Balaban J connectivity index is 1.75. The Bertz CT molecular complexity index is 292. The summed E-state index contributed by atoms with van der Waals surface area (Å²) in [6.45, 7) is 0.211. The molecule has 0 aromatic heterocycles. The van der Waals surface area contributed by atoms with Crippen LogP contribution >= 0.6 is 0 Å². The molecule has 0 spiro atoms. The second-order valence-electron chi connectivity index (χ2n) is 5.27. The zero-order valence-electron chi connectivity index (χ0n) is 10.2. The van der Waals surface area contributed by atoms with Gasteiger partial charge >= 0.3 is 6.18 Å². The van der Waals surface area contributed by atoms with E-state index in [1.54, 1.807) is 0 Å². The zero-order valence-corrected chi connectivity index (χ0v) is 10.2. The summed E-state index contributed by atoms with van der Waals surface area (Å²) in [5, 5.41) is 5.33. The Hall–Kier alpha value is -0.780. The highest BCUT2D eigenvalue weighted by Crippen LogP contribution is 2.27. The summed E-state index contributed by atoms with van der Waals surface area (Å²) in [6.07, 6.45) is 0.248. The number of carbonyl (C=O) groups excluding carboxylic acids is 1. The first-order valence-electron chi connectivity index (χ1n) is 6.57. The van der Waals surface area contributed by atoms with Crippen molar-refractivity contribution in [2.45, 2.75) is 56.8 Å². The quantitative estimate of drug-likeness (QED) is 0.800. The van der Waals surface area contributed by atoms with E-state index in [0.29, 0.717) is 6.42 Å². The summed E-state index contributed by atoms with van der Waals surface area (Å²) in [4.78, 5) is 11.8. The maximum Gasteiger partial charge on any atom is 0.403 e. The first-order chi connectivity index (χ1) is 8.47. The normalized spacial score (nSPS) is 30.4. The number of hydrogen-bond donors (Lipinski definition) is 2. The molecule has 1 saturated carbocycles. The summed E-state index contributed by atoms with van der Waals surface area (Å²) in [5.41, 5.74) is 0. The van der Waals surface area contributed by atoms with Crippen LogP contribution in [-0.4, -0.2) is 30.7 Å². The fourth-order valence-corrected chi connectivity index (χ4v) is 2.77. The molecule has 2 unspecified atom stereocenters. The van der Waals surface area contributed by atoms with Crippen molar-refractivity contribution in [3.8, 4) is 0 Å². The van der Waals surface area contributed by atoms with E-state index in [9.17, 15) is 18.0 Å². The van der Waals surface area contributed by atoms with Gasteiger partial charge in [-0.2, -0.15) is 13.2 Å². The van der Waals surface area contributed by atoms with Gasteiger partial charge in [0, 0.05) is 18.5 Å². The van der Waals surface area contributed by atoms with Crippen molar-refractivity contribution in [2.24, 2.45) is 5.92 Å². The average Bonchev–Trinajstić information content (AvgIpc) is 2.82. The highest BCUT2D eigenvalue weighted by atomic mass is 19.4. The lowest BCUT2D eigenvalue weighted by molar-refractivity contribution is -0.161. The first-order valence-corrected chi connectivity index (χ1v) is 6.57. The van der Waals surface area contributed by atoms with Gasteiger partial charge in [-0.05, 0) is 25.7 Å². The molecule has 1 amide bonds. The smallest absolute Gasteiger partial charge is 0.352 e. The predicted octanol–water partition coefficient (Wildman–Crippen LogP) is 1.98. The van der Waals surface area contributed by atoms with Crippen LogP contribution in [0.3, 0.4) is 0 Å². The van der Waals surface area contributed by atoms with E-state index in [4.69, 9.17) is 0 Å². The first kappa shape index (κ1) is 13.6. The van der Waals surface area contributed by atoms with Crippen molar-refractivity contribution < 1.29 is 18.0 Å². The van der Waals surface area contributed by atoms with Crippen molar-refractivity contribution >= 4 is 5.91 Å². The summed E-state index contributed by atoms with van der Waals surface area (Å²) < 4.78 is 37.3. The lowest BCUT2D eigenvalue weighted by Gasteiger charge is -2.32. The van der Waals surface area contributed by atoms with Crippen LogP contribution in [0.2, 0.25) is 0 Å². The van der Waals surface area contributed by atoms with Gasteiger partial charge in [0.1, 0.15) is 6.04 Å². The third-order valence-corrected chi connectivity index (χ3v) is 3.88. The van der Waals surface area contributed by atoms with E-state index in [0.717, 1.165) is 25.7 Å². The molecule has 3 nitrogen and oxygen atoms in total. The van der Waals surface area contributed by atoms with Gasteiger partial charge in [0.25, 0.3) is 0 Å². The lowest BCUT2D eigenvalue weighted by Crippen LogP contribution is -2.54. The Morgan fingerprint density at radius 2 is 1.78 bits per heavy atom. The van der Waals surface area contributed by atoms with E-state index in [-0.39, 0.29) is 30.8 Å². The van der Waals surface area contributed by atoms with Gasteiger partial charge in [0.2, 0.25) is 5.91 Å². The topological polar surface area (TPSA) is 41.1 Å². The fraction of sp³-hybridized carbons (Fsp3) is 0.917. The average molecular weight is 264 g/mol. The molecular weight excluding hydrogens is 245 g/mol. The Morgan fingerprint density at radius 1 is 1.11 bits per heavy atom. The Kier molecular flexibility index (Phi) is 4.14. The van der Waals surface area contributed by atoms with Crippen LogP contribution in [0.25, 0.3) is 0 Å². The van der Waals surface area contributed by atoms with Crippen LogP contribution in [-0.2, 0) is 4.79 Å². The fourth-order valence-electron chi connectivity index (χ4n) is 2.77. The molecule has 0 aromatic rings. The number of carbonyl (C=O) groups is 1. The van der Waals surface area contributed by atoms with E-state index in [2.05, 4.69) is 10.6 Å². The van der Waals surface area contributed by atoms with Crippen molar-refractivity contribution in [3.63, 3.8) is 0 Å². The van der Waals surface area contributed by atoms with Gasteiger partial charge in [0.15, 0.2) is 0 Å². The van der Waals surface area contributed by atoms with Crippen molar-refractivity contribution in [1.82, 2.24) is 10.6 Å². The van der Waals surface area contributed by atoms with Gasteiger partial charge in [-0.25, -0.2) is 0 Å². The van der Waals surface area contributed by atoms with Crippen LogP contribution < -0.4 is 10.6 Å². The minimum absolute atomic E-state index is 0.0183. The highest BCUT2D eigenvalue weighted by molar-refractivity contribution is 5.79. The van der Waals surface area contributed by atoms with Gasteiger partial charge in [-0.15, -0.1) is 0 Å². The van der Waals surface area contributed by atoms with Crippen LogP contribution in [0.1, 0.15) is 38.5 Å². The zero-order chi connectivity index (χ0) is 13.2. The van der Waals surface area contributed by atoms with E-state index in [1.165, 1.54) is 0 Å². The van der Waals surface area contributed by atoms with E-state index < -0.39 is 12.2 Å². The number of hydrogen-bond acceptors (Lipinski definition) is 2. The number of amides is 1. The molecule has 2 atom stereocenters. The molecule has 104 valence electrons. The molecule has 2 aliphatic rings. The van der Waals surface area contributed by atoms with Gasteiger partial charge < -0.3 is 10.6 Å². The van der Waals surface area contributed by atoms with Crippen molar-refractivity contribution in [3.05, 3.63) is 0 Å². The molecule has 0 aromatic carbocycles. The maximum atomic E-state index is 12.4. The molecule has 0 bridgehead atoms. The molecular formula is C12H19F3N2O. The van der Waals surface area contributed by atoms with Crippen molar-refractivity contribution in [1.29, 1.82) is 0 Å². The molecule has 1 heterocycles. The summed E-state index contributed by atoms with van der Waals surface area (Å²) in [5.74, 6) is 0.0927. The number of nitrogens with one attached hydrogen (secondary N) is 2. The van der Waals surface area contributed by atoms with Gasteiger partial charge in [-0.3, -0.25) is 4.79 Å². The van der Waals surface area contributed by atoms with Crippen molar-refractivity contribution in [2.75, 3.05) is 6.54 Å². The standard InChI is InChI=1S/C12H19F3N2O/c13-12(14,15)10-6-5-9(7-16-10)17-11(18)8-3-1-2-4-8/h8-10,16H,1-7H2,(H,17,18). The molecule has 1 aliphatic heterocycles. The van der Waals surface area contributed by atoms with Gasteiger partial charge in [0.05, 0.1) is 0 Å². The Labute approximate surface area is 104 Å². The largest absolute Gasteiger partial charge is 0.403 e. The maximum absolute atomic E-state index is 12.4. The minimum atomic E-state index is -4.18. The van der Waals surface area contributed by atoms with Gasteiger partial charge in [-0.1, -0.05) is 12.8 Å². The number of piperidine rings is 1. The third-order valence-electron chi connectivity index (χ3n) is 3.88. The molecule has 0 radical (unpaired) electrons. The van der Waals surface area contributed by atoms with Crippen LogP contribution in [0.4, 0.5) is 13.2 Å². The predicted molar refractivity (Wildman–Crippen MR) is 61.0 cm³/mol. The van der Waals surface area contributed by atoms with Crippen LogP contribution in [0.15, 0.2) is 0 Å². The molecule has 18 heavy (non-hydrogen) atoms. The lowest BCUT2D eigenvalue weighted by atomic mass is 9.99. The second kappa shape index (κ2) is 5.47. The highest BCUT2D eigenvalue weighted by Gasteiger charge is 2.41. The third kappa shape index (κ3) is 3.37. The molecule has 2 rings (SSSR count). The molecule has 2 fully saturated rings. The van der Waals surface area contributed by atoms with E-state index in [1.807, 2.05) is 0 Å². The summed E-state index contributed by atoms with van der Waals surface area (Å²) in [6, 6.07) is -1.58. The van der Waals surface area contributed by atoms with Crippen LogP contribution in [0, 0.1) is 5.92 Å². The number of alkyl halides is 3. The number of rotatable bonds is 2. The molecule has 1 aliphatic carbocycles. The monoisotopic (exact) mass is 264 g/mol. The SMILES string of the molecule is O=C(NC1CCC(C(F)(F)F)NC1)C1CCCC1. The minimum Gasteiger partial charge on any atom is -0.352 e. The second-order valence-corrected chi connectivity index (χ2v) is 5.27. The molecule has 6 heteroatoms. The van der Waals surface area contributed by atoms with Crippen LogP contribution in [0.5, 0.6) is 0 Å². The molecule has 2 N–H and O–H groups in total.